The Balaban J connectivity index is 1.53. The summed E-state index contributed by atoms with van der Waals surface area (Å²) in [5, 5.41) is 6.60. The minimum absolute atomic E-state index is 0.0177. The van der Waals surface area contributed by atoms with Gasteiger partial charge in [0, 0.05) is 31.2 Å². The van der Waals surface area contributed by atoms with Crippen LogP contribution in [0.4, 0.5) is 0 Å². The first-order chi connectivity index (χ1) is 14.5. The zero-order chi connectivity index (χ0) is 21.3. The smallest absolute Gasteiger partial charge is 0.242 e. The molecule has 2 amide bonds. The number of benzene rings is 1. The van der Waals surface area contributed by atoms with E-state index >= 15 is 0 Å². The topological polar surface area (TPSA) is 90.2 Å². The van der Waals surface area contributed by atoms with Crippen LogP contribution in [0.3, 0.4) is 0 Å². The van der Waals surface area contributed by atoms with Crippen LogP contribution >= 0.6 is 11.6 Å². The number of hydrogen-bond donors (Lipinski definition) is 2. The molecular weight excluding hydrogens is 406 g/mol. The molecule has 1 aliphatic heterocycles. The summed E-state index contributed by atoms with van der Waals surface area (Å²) in [5.74, 6) is 1.05. The number of aliphatic imine (C=N–C) groups is 1. The molecule has 2 N–H and O–H groups in total. The number of nitrogens with zero attached hydrogens (tertiary/aromatic N) is 3. The first-order valence-corrected chi connectivity index (χ1v) is 10.3. The molecule has 0 saturated carbocycles. The van der Waals surface area contributed by atoms with E-state index in [0.29, 0.717) is 49.5 Å². The average molecular weight is 432 g/mol. The van der Waals surface area contributed by atoms with E-state index < -0.39 is 0 Å². The Labute approximate surface area is 180 Å². The molecule has 2 aromatic rings. The highest BCUT2D eigenvalue weighted by molar-refractivity contribution is 6.30. The largest absolute Gasteiger partial charge is 0.467 e. The maximum absolute atomic E-state index is 12.6. The molecule has 0 bridgehead atoms. The third kappa shape index (κ3) is 6.25. The van der Waals surface area contributed by atoms with Crippen LogP contribution in [0.15, 0.2) is 52.1 Å². The van der Waals surface area contributed by atoms with Crippen LogP contribution in [0.2, 0.25) is 5.02 Å². The average Bonchev–Trinajstić information content (AvgIpc) is 3.26. The van der Waals surface area contributed by atoms with E-state index in [1.54, 1.807) is 18.4 Å². The summed E-state index contributed by atoms with van der Waals surface area (Å²) in [6.45, 7) is 4.87. The molecule has 160 valence electrons. The summed E-state index contributed by atoms with van der Waals surface area (Å²) < 4.78 is 5.19. The second-order valence-corrected chi connectivity index (χ2v) is 7.33. The lowest BCUT2D eigenvalue weighted by molar-refractivity contribution is -0.135. The van der Waals surface area contributed by atoms with Gasteiger partial charge in [-0.05, 0) is 36.8 Å². The number of hydrogen-bond acceptors (Lipinski definition) is 4. The minimum atomic E-state index is -0.213. The molecular formula is C21H26ClN5O3. The number of amides is 2. The molecule has 8 nitrogen and oxygen atoms in total. The van der Waals surface area contributed by atoms with Crippen molar-refractivity contribution in [2.24, 2.45) is 4.99 Å². The standard InChI is InChI=1S/C21H26ClN5O3/c1-2-23-21(25-13-19(28)24-12-18-4-3-11-30-18)27-10-9-26(20(29)15-27)14-16-5-7-17(22)8-6-16/h3-8,11H,2,9-10,12-15H2,1H3,(H,23,25)(H,24,28). The minimum Gasteiger partial charge on any atom is -0.467 e. The number of nitrogens with one attached hydrogen (secondary N) is 2. The van der Waals surface area contributed by atoms with Gasteiger partial charge in [0.15, 0.2) is 5.96 Å². The van der Waals surface area contributed by atoms with E-state index in [4.69, 9.17) is 16.0 Å². The highest BCUT2D eigenvalue weighted by atomic mass is 35.5. The van der Waals surface area contributed by atoms with Crippen molar-refractivity contribution in [1.82, 2.24) is 20.4 Å². The summed E-state index contributed by atoms with van der Waals surface area (Å²) >= 11 is 5.92. The summed E-state index contributed by atoms with van der Waals surface area (Å²) in [6.07, 6.45) is 1.56. The first-order valence-electron chi connectivity index (χ1n) is 9.89. The van der Waals surface area contributed by atoms with Crippen molar-refractivity contribution < 1.29 is 14.0 Å². The number of piperazine rings is 1. The van der Waals surface area contributed by atoms with Gasteiger partial charge in [0.1, 0.15) is 12.3 Å². The van der Waals surface area contributed by atoms with Crippen LogP contribution in [0, 0.1) is 0 Å². The predicted octanol–water partition coefficient (Wildman–Crippen LogP) is 1.86. The zero-order valence-electron chi connectivity index (χ0n) is 16.9. The van der Waals surface area contributed by atoms with Crippen molar-refractivity contribution in [2.75, 3.05) is 32.7 Å². The van der Waals surface area contributed by atoms with Gasteiger partial charge in [0.2, 0.25) is 11.8 Å². The van der Waals surface area contributed by atoms with Crippen molar-refractivity contribution >= 4 is 29.4 Å². The Bertz CT molecular complexity index is 867. The number of carbonyl (C=O) groups excluding carboxylic acids is 2. The fraction of sp³-hybridized carbons (Fsp3) is 0.381. The van der Waals surface area contributed by atoms with Gasteiger partial charge in [-0.25, -0.2) is 4.99 Å². The molecule has 1 fully saturated rings. The number of halogens is 1. The fourth-order valence-electron chi connectivity index (χ4n) is 3.09. The van der Waals surface area contributed by atoms with Gasteiger partial charge in [-0.1, -0.05) is 23.7 Å². The number of guanidine groups is 1. The maximum Gasteiger partial charge on any atom is 0.242 e. The Morgan fingerprint density at radius 1 is 1.20 bits per heavy atom. The molecule has 0 unspecified atom stereocenters. The highest BCUT2D eigenvalue weighted by Crippen LogP contribution is 2.13. The third-order valence-electron chi connectivity index (χ3n) is 4.65. The molecule has 2 heterocycles. The van der Waals surface area contributed by atoms with Gasteiger partial charge in [-0.15, -0.1) is 0 Å². The molecule has 9 heteroatoms. The van der Waals surface area contributed by atoms with Crippen LogP contribution in [-0.2, 0) is 22.7 Å². The van der Waals surface area contributed by atoms with Gasteiger partial charge in [0.05, 0.1) is 19.4 Å². The van der Waals surface area contributed by atoms with Crippen molar-refractivity contribution in [1.29, 1.82) is 0 Å². The molecule has 3 rings (SSSR count). The normalized spacial score (nSPS) is 14.7. The van der Waals surface area contributed by atoms with Crippen LogP contribution in [0.1, 0.15) is 18.2 Å². The van der Waals surface area contributed by atoms with E-state index in [1.807, 2.05) is 41.0 Å². The summed E-state index contributed by atoms with van der Waals surface area (Å²) in [5.41, 5.74) is 1.04. The molecule has 1 aromatic heterocycles. The molecule has 0 spiro atoms. The lowest BCUT2D eigenvalue weighted by atomic mass is 10.2. The molecule has 1 saturated heterocycles. The first kappa shape index (κ1) is 21.7. The van der Waals surface area contributed by atoms with Crippen LogP contribution in [0.5, 0.6) is 0 Å². The molecule has 1 aliphatic rings. The van der Waals surface area contributed by atoms with Crippen molar-refractivity contribution in [3.05, 3.63) is 59.0 Å². The van der Waals surface area contributed by atoms with Crippen LogP contribution in [-0.4, -0.2) is 60.3 Å². The maximum atomic E-state index is 12.6. The summed E-state index contributed by atoms with van der Waals surface area (Å²) in [7, 11) is 0. The van der Waals surface area contributed by atoms with Crippen LogP contribution in [0.25, 0.3) is 0 Å². The van der Waals surface area contributed by atoms with E-state index in [1.165, 1.54) is 0 Å². The second kappa shape index (κ2) is 10.7. The molecule has 30 heavy (non-hydrogen) atoms. The highest BCUT2D eigenvalue weighted by Gasteiger charge is 2.26. The van der Waals surface area contributed by atoms with Gasteiger partial charge in [-0.2, -0.15) is 0 Å². The molecule has 1 aromatic carbocycles. The Hall–Kier alpha value is -3.00. The zero-order valence-corrected chi connectivity index (χ0v) is 17.7. The van der Waals surface area contributed by atoms with Gasteiger partial charge in [-0.3, -0.25) is 9.59 Å². The fourth-order valence-corrected chi connectivity index (χ4v) is 3.22. The molecule has 0 aliphatic carbocycles. The predicted molar refractivity (Wildman–Crippen MR) is 115 cm³/mol. The Kier molecular flexibility index (Phi) is 7.73. The van der Waals surface area contributed by atoms with Gasteiger partial charge in [0.25, 0.3) is 0 Å². The summed E-state index contributed by atoms with van der Waals surface area (Å²) in [6, 6.07) is 11.1. The van der Waals surface area contributed by atoms with Gasteiger partial charge >= 0.3 is 0 Å². The van der Waals surface area contributed by atoms with Crippen LogP contribution < -0.4 is 10.6 Å². The van der Waals surface area contributed by atoms with Crippen molar-refractivity contribution in [3.8, 4) is 0 Å². The summed E-state index contributed by atoms with van der Waals surface area (Å²) in [4.78, 5) is 32.8. The quantitative estimate of drug-likeness (QED) is 0.516. The Morgan fingerprint density at radius 2 is 2.00 bits per heavy atom. The van der Waals surface area contributed by atoms with E-state index in [2.05, 4.69) is 15.6 Å². The van der Waals surface area contributed by atoms with E-state index in [9.17, 15) is 9.59 Å². The number of furan rings is 1. The number of rotatable bonds is 7. The third-order valence-corrected chi connectivity index (χ3v) is 4.90. The van der Waals surface area contributed by atoms with Crippen molar-refractivity contribution in [2.45, 2.75) is 20.0 Å². The monoisotopic (exact) mass is 431 g/mol. The van der Waals surface area contributed by atoms with E-state index in [0.717, 1.165) is 5.56 Å². The molecule has 0 atom stereocenters. The second-order valence-electron chi connectivity index (χ2n) is 6.89. The van der Waals surface area contributed by atoms with E-state index in [-0.39, 0.29) is 24.9 Å². The lowest BCUT2D eigenvalue weighted by Crippen LogP contribution is -2.55. The van der Waals surface area contributed by atoms with Crippen molar-refractivity contribution in [3.63, 3.8) is 0 Å². The molecule has 0 radical (unpaired) electrons. The number of carbonyl (C=O) groups is 2. The van der Waals surface area contributed by atoms with Gasteiger partial charge < -0.3 is 24.9 Å². The Morgan fingerprint density at radius 3 is 2.67 bits per heavy atom. The lowest BCUT2D eigenvalue weighted by Gasteiger charge is -2.36. The SMILES string of the molecule is CCNC(=NCC(=O)NCc1ccco1)N1CCN(Cc2ccc(Cl)cc2)C(=O)C1.